The number of carbonyl (C=O) groups excluding carboxylic acids is 1. The van der Waals surface area contributed by atoms with Crippen LogP contribution in [0.2, 0.25) is 0 Å². The zero-order valence-corrected chi connectivity index (χ0v) is 16.9. The SMILES string of the molecule is COc1cc2c(cc1OC)C(=O)C([C@H](O)C1=CCN(Cc3ccccc3)CC1)C2. The van der Waals surface area contributed by atoms with Crippen LogP contribution in [0.3, 0.4) is 0 Å². The molecule has 0 fully saturated rings. The summed E-state index contributed by atoms with van der Waals surface area (Å²) in [6.45, 7) is 2.57. The third-order valence-corrected chi connectivity index (χ3v) is 5.99. The molecule has 1 heterocycles. The standard InChI is InChI=1S/C24H27NO4/c1-28-21-13-18-12-20(24(27)19(18)14-22(21)29-2)23(26)17-8-10-25(11-9-17)15-16-6-4-3-5-7-16/h3-8,13-14,20,23,26H,9-12,15H2,1-2H3/t20?,23-/m1/s1. The van der Waals surface area contributed by atoms with Gasteiger partial charge in [-0.3, -0.25) is 9.69 Å². The number of hydrogen-bond acceptors (Lipinski definition) is 5. The Labute approximate surface area is 171 Å². The highest BCUT2D eigenvalue weighted by atomic mass is 16.5. The molecule has 0 radical (unpaired) electrons. The van der Waals surface area contributed by atoms with E-state index < -0.39 is 12.0 Å². The van der Waals surface area contributed by atoms with Gasteiger partial charge in [-0.1, -0.05) is 36.4 Å². The first kappa shape index (κ1) is 19.7. The van der Waals surface area contributed by atoms with Crippen LogP contribution >= 0.6 is 0 Å². The molecule has 2 aromatic carbocycles. The highest BCUT2D eigenvalue weighted by Crippen LogP contribution is 2.39. The van der Waals surface area contributed by atoms with E-state index in [1.807, 2.05) is 12.1 Å². The molecule has 0 spiro atoms. The van der Waals surface area contributed by atoms with Crippen molar-refractivity contribution in [3.05, 3.63) is 70.8 Å². The number of aliphatic hydroxyl groups is 1. The number of methoxy groups -OCH3 is 2. The third kappa shape index (κ3) is 3.93. The fourth-order valence-corrected chi connectivity index (χ4v) is 4.34. The molecule has 1 aliphatic carbocycles. The second kappa shape index (κ2) is 8.39. The largest absolute Gasteiger partial charge is 0.493 e. The Hall–Kier alpha value is -2.63. The molecule has 0 aromatic heterocycles. The highest BCUT2D eigenvalue weighted by Gasteiger charge is 2.38. The van der Waals surface area contributed by atoms with Crippen LogP contribution < -0.4 is 9.47 Å². The summed E-state index contributed by atoms with van der Waals surface area (Å²) in [7, 11) is 3.14. The summed E-state index contributed by atoms with van der Waals surface area (Å²) in [5.74, 6) is 0.709. The van der Waals surface area contributed by atoms with Crippen LogP contribution in [-0.2, 0) is 13.0 Å². The van der Waals surface area contributed by atoms with Gasteiger partial charge in [0.25, 0.3) is 0 Å². The van der Waals surface area contributed by atoms with E-state index in [2.05, 4.69) is 35.2 Å². The topological polar surface area (TPSA) is 59.0 Å². The van der Waals surface area contributed by atoms with E-state index in [0.717, 1.165) is 37.2 Å². The number of fused-ring (bicyclic) bond motifs is 1. The van der Waals surface area contributed by atoms with E-state index in [1.165, 1.54) is 5.56 Å². The molecule has 29 heavy (non-hydrogen) atoms. The Morgan fingerprint density at radius 3 is 2.52 bits per heavy atom. The second-order valence-electron chi connectivity index (χ2n) is 7.73. The fourth-order valence-electron chi connectivity index (χ4n) is 4.34. The first-order chi connectivity index (χ1) is 14.1. The maximum atomic E-state index is 13.0. The van der Waals surface area contributed by atoms with Crippen molar-refractivity contribution in [3.8, 4) is 11.5 Å². The van der Waals surface area contributed by atoms with Gasteiger partial charge in [-0.05, 0) is 41.7 Å². The van der Waals surface area contributed by atoms with Gasteiger partial charge in [-0.15, -0.1) is 0 Å². The zero-order valence-electron chi connectivity index (χ0n) is 16.9. The Bertz CT molecular complexity index is 922. The number of ketones is 1. The average molecular weight is 393 g/mol. The van der Waals surface area contributed by atoms with Crippen molar-refractivity contribution in [2.45, 2.75) is 25.5 Å². The van der Waals surface area contributed by atoms with Gasteiger partial charge in [-0.2, -0.15) is 0 Å². The number of aliphatic hydroxyl groups excluding tert-OH is 1. The predicted molar refractivity (Wildman–Crippen MR) is 111 cm³/mol. The van der Waals surface area contributed by atoms with Crippen LogP contribution in [0.15, 0.2) is 54.1 Å². The molecule has 4 rings (SSSR count). The first-order valence-electron chi connectivity index (χ1n) is 10.0. The monoisotopic (exact) mass is 393 g/mol. The number of nitrogens with zero attached hydrogens (tertiary/aromatic N) is 1. The maximum absolute atomic E-state index is 13.0. The molecule has 1 N–H and O–H groups in total. The van der Waals surface area contributed by atoms with Crippen LogP contribution in [0.25, 0.3) is 0 Å². The van der Waals surface area contributed by atoms with Crippen molar-refractivity contribution in [1.82, 2.24) is 4.90 Å². The van der Waals surface area contributed by atoms with Gasteiger partial charge in [0.05, 0.1) is 26.2 Å². The highest BCUT2D eigenvalue weighted by molar-refractivity contribution is 6.03. The van der Waals surface area contributed by atoms with Crippen molar-refractivity contribution < 1.29 is 19.4 Å². The number of carbonyl (C=O) groups is 1. The van der Waals surface area contributed by atoms with Crippen LogP contribution in [0.1, 0.15) is 27.9 Å². The first-order valence-corrected chi connectivity index (χ1v) is 10.0. The van der Waals surface area contributed by atoms with Gasteiger partial charge in [0.1, 0.15) is 0 Å². The summed E-state index contributed by atoms with van der Waals surface area (Å²) in [5, 5.41) is 11.0. The lowest BCUT2D eigenvalue weighted by atomic mass is 9.89. The Kier molecular flexibility index (Phi) is 5.69. The third-order valence-electron chi connectivity index (χ3n) is 5.99. The molecular weight excluding hydrogens is 366 g/mol. The number of rotatable bonds is 6. The minimum absolute atomic E-state index is 0.0129. The van der Waals surface area contributed by atoms with Crippen molar-refractivity contribution in [1.29, 1.82) is 0 Å². The molecule has 1 aliphatic heterocycles. The normalized spacial score (nSPS) is 20.2. The van der Waals surface area contributed by atoms with Crippen molar-refractivity contribution >= 4 is 5.78 Å². The lowest BCUT2D eigenvalue weighted by Gasteiger charge is -2.29. The number of Topliss-reactive ketones (excluding diaryl/α,β-unsaturated/α-hetero) is 1. The molecule has 1 unspecified atom stereocenters. The van der Waals surface area contributed by atoms with Gasteiger partial charge >= 0.3 is 0 Å². The average Bonchev–Trinajstić information content (AvgIpc) is 3.09. The Morgan fingerprint density at radius 1 is 1.14 bits per heavy atom. The second-order valence-corrected chi connectivity index (χ2v) is 7.73. The minimum atomic E-state index is -0.745. The maximum Gasteiger partial charge on any atom is 0.169 e. The lowest BCUT2D eigenvalue weighted by Crippen LogP contribution is -2.34. The fraction of sp³-hybridized carbons (Fsp3) is 0.375. The van der Waals surface area contributed by atoms with Crippen molar-refractivity contribution in [2.75, 3.05) is 27.3 Å². The summed E-state index contributed by atoms with van der Waals surface area (Å²) in [5.41, 5.74) is 3.81. The van der Waals surface area contributed by atoms with E-state index in [1.54, 1.807) is 20.3 Å². The summed E-state index contributed by atoms with van der Waals surface area (Å²) in [6.07, 6.45) is 2.65. The molecule has 0 saturated heterocycles. The molecule has 2 aliphatic rings. The van der Waals surface area contributed by atoms with E-state index >= 15 is 0 Å². The van der Waals surface area contributed by atoms with Crippen molar-refractivity contribution in [2.24, 2.45) is 5.92 Å². The molecule has 2 aromatic rings. The summed E-state index contributed by atoms with van der Waals surface area (Å²) < 4.78 is 10.7. The summed E-state index contributed by atoms with van der Waals surface area (Å²) >= 11 is 0. The predicted octanol–water partition coefficient (Wildman–Crippen LogP) is 3.25. The van der Waals surface area contributed by atoms with E-state index in [0.29, 0.717) is 23.5 Å². The molecule has 5 heteroatoms. The van der Waals surface area contributed by atoms with Crippen molar-refractivity contribution in [3.63, 3.8) is 0 Å². The summed E-state index contributed by atoms with van der Waals surface area (Å²) in [6, 6.07) is 14.0. The molecule has 2 atom stereocenters. The summed E-state index contributed by atoms with van der Waals surface area (Å²) in [4.78, 5) is 15.3. The lowest BCUT2D eigenvalue weighted by molar-refractivity contribution is 0.0773. The van der Waals surface area contributed by atoms with Gasteiger partial charge in [-0.25, -0.2) is 0 Å². The van der Waals surface area contributed by atoms with Gasteiger partial charge in [0.15, 0.2) is 17.3 Å². The smallest absolute Gasteiger partial charge is 0.169 e. The van der Waals surface area contributed by atoms with Crippen LogP contribution in [0.5, 0.6) is 11.5 Å². The molecule has 0 bridgehead atoms. The Balaban J connectivity index is 1.45. The number of benzene rings is 2. The van der Waals surface area contributed by atoms with Gasteiger partial charge < -0.3 is 14.6 Å². The minimum Gasteiger partial charge on any atom is -0.493 e. The molecule has 0 amide bonds. The van der Waals surface area contributed by atoms with Crippen LogP contribution in [0.4, 0.5) is 0 Å². The van der Waals surface area contributed by atoms with Crippen LogP contribution in [0, 0.1) is 5.92 Å². The van der Waals surface area contributed by atoms with E-state index in [-0.39, 0.29) is 5.78 Å². The van der Waals surface area contributed by atoms with Crippen LogP contribution in [-0.4, -0.2) is 49.2 Å². The molecular formula is C24H27NO4. The molecule has 5 nitrogen and oxygen atoms in total. The van der Waals surface area contributed by atoms with Gasteiger partial charge in [0, 0.05) is 25.2 Å². The number of hydrogen-bond donors (Lipinski definition) is 1. The van der Waals surface area contributed by atoms with Gasteiger partial charge in [0.2, 0.25) is 0 Å². The molecule has 152 valence electrons. The van der Waals surface area contributed by atoms with E-state index in [4.69, 9.17) is 9.47 Å². The quantitative estimate of drug-likeness (QED) is 0.764. The van der Waals surface area contributed by atoms with E-state index in [9.17, 15) is 9.90 Å². The molecule has 0 saturated carbocycles. The number of ether oxygens (including phenoxy) is 2. The Morgan fingerprint density at radius 2 is 1.86 bits per heavy atom. The zero-order chi connectivity index (χ0) is 20.4.